The van der Waals surface area contributed by atoms with Crippen LogP contribution in [0, 0.1) is 0 Å². The Hall–Kier alpha value is -3.59. The second-order valence-corrected chi connectivity index (χ2v) is 7.95. The second-order valence-electron chi connectivity index (χ2n) is 7.95. The number of para-hydroxylation sites is 1. The number of urea groups is 1. The number of hydrogen-bond acceptors (Lipinski definition) is 6. The first kappa shape index (κ1) is 22.6. The van der Waals surface area contributed by atoms with Crippen molar-refractivity contribution in [3.8, 4) is 11.5 Å². The summed E-state index contributed by atoms with van der Waals surface area (Å²) in [5, 5.41) is 3.59. The zero-order valence-corrected chi connectivity index (χ0v) is 19.0. The third-order valence-electron chi connectivity index (χ3n) is 5.86. The van der Waals surface area contributed by atoms with Gasteiger partial charge in [-0.2, -0.15) is 0 Å². The summed E-state index contributed by atoms with van der Waals surface area (Å²) in [5.74, 6) is 2.13. The molecule has 0 unspecified atom stereocenters. The molecule has 1 aromatic heterocycles. The van der Waals surface area contributed by atoms with Gasteiger partial charge >= 0.3 is 6.03 Å². The number of carbonyl (C=O) groups excluding carboxylic acids is 1. The van der Waals surface area contributed by atoms with Crippen molar-refractivity contribution in [2.75, 3.05) is 46.9 Å². The normalized spacial score (nSPS) is 14.3. The average Bonchev–Trinajstić information content (AvgIpc) is 2.84. The quantitative estimate of drug-likeness (QED) is 0.570. The van der Waals surface area contributed by atoms with Crippen LogP contribution < -0.4 is 20.3 Å². The van der Waals surface area contributed by atoms with Crippen LogP contribution in [0.5, 0.6) is 11.5 Å². The second kappa shape index (κ2) is 10.4. The smallest absolute Gasteiger partial charge is 0.317 e. The van der Waals surface area contributed by atoms with E-state index < -0.39 is 0 Å². The van der Waals surface area contributed by atoms with Crippen molar-refractivity contribution in [3.63, 3.8) is 0 Å². The Labute approximate surface area is 192 Å². The third-order valence-corrected chi connectivity index (χ3v) is 5.86. The standard InChI is InChI=1S/C24H29N5O4/c1-32-18-8-7-17(21(15-18)33-2)9-10-25-24(31)29-13-11-28(12-14-29)16-22-26-20-6-4-3-5-19(20)23(30)27-22/h3-8,15H,9-14,16H2,1-2H3,(H,25,31)(H,26,27,30). The molecule has 0 radical (unpaired) electrons. The van der Waals surface area contributed by atoms with Crippen LogP contribution in [-0.2, 0) is 13.0 Å². The summed E-state index contributed by atoms with van der Waals surface area (Å²) >= 11 is 0. The van der Waals surface area contributed by atoms with Gasteiger partial charge in [-0.3, -0.25) is 9.69 Å². The number of aromatic amines is 1. The number of benzene rings is 2. The predicted octanol–water partition coefficient (Wildman–Crippen LogP) is 2.01. The van der Waals surface area contributed by atoms with Crippen molar-refractivity contribution < 1.29 is 14.3 Å². The van der Waals surface area contributed by atoms with Gasteiger partial charge in [-0.05, 0) is 30.2 Å². The van der Waals surface area contributed by atoms with Crippen molar-refractivity contribution >= 4 is 16.9 Å². The van der Waals surface area contributed by atoms with Crippen LogP contribution in [0.25, 0.3) is 10.9 Å². The van der Waals surface area contributed by atoms with Crippen LogP contribution >= 0.6 is 0 Å². The topological polar surface area (TPSA) is 99.8 Å². The van der Waals surface area contributed by atoms with Gasteiger partial charge in [-0.15, -0.1) is 0 Å². The van der Waals surface area contributed by atoms with E-state index in [4.69, 9.17) is 9.47 Å². The number of nitrogens with zero attached hydrogens (tertiary/aromatic N) is 3. The number of fused-ring (bicyclic) bond motifs is 1. The molecule has 1 saturated heterocycles. The average molecular weight is 452 g/mol. The molecule has 2 aromatic carbocycles. The predicted molar refractivity (Wildman–Crippen MR) is 126 cm³/mol. The highest BCUT2D eigenvalue weighted by Crippen LogP contribution is 2.24. The number of amides is 2. The van der Waals surface area contributed by atoms with E-state index in [1.807, 2.05) is 41.3 Å². The Balaban J connectivity index is 1.25. The number of ether oxygens (including phenoxy) is 2. The number of rotatable bonds is 7. The van der Waals surface area contributed by atoms with Gasteiger partial charge < -0.3 is 24.7 Å². The zero-order chi connectivity index (χ0) is 23.2. The molecule has 1 fully saturated rings. The molecule has 33 heavy (non-hydrogen) atoms. The first-order chi connectivity index (χ1) is 16.1. The van der Waals surface area contributed by atoms with Crippen molar-refractivity contribution in [1.29, 1.82) is 0 Å². The summed E-state index contributed by atoms with van der Waals surface area (Å²) in [6.45, 7) is 3.74. The molecular formula is C24H29N5O4. The van der Waals surface area contributed by atoms with E-state index >= 15 is 0 Å². The lowest BCUT2D eigenvalue weighted by Crippen LogP contribution is -2.51. The summed E-state index contributed by atoms with van der Waals surface area (Å²) < 4.78 is 10.6. The Morgan fingerprint density at radius 2 is 1.88 bits per heavy atom. The van der Waals surface area contributed by atoms with Gasteiger partial charge in [0.25, 0.3) is 5.56 Å². The number of aromatic nitrogens is 2. The maximum atomic E-state index is 12.6. The Morgan fingerprint density at radius 3 is 2.64 bits per heavy atom. The molecule has 0 saturated carbocycles. The number of carbonyl (C=O) groups is 1. The van der Waals surface area contributed by atoms with Crippen LogP contribution in [0.4, 0.5) is 4.79 Å². The molecule has 1 aliphatic rings. The summed E-state index contributed by atoms with van der Waals surface area (Å²) in [7, 11) is 3.24. The summed E-state index contributed by atoms with van der Waals surface area (Å²) in [6.07, 6.45) is 0.667. The van der Waals surface area contributed by atoms with Gasteiger partial charge in [0.05, 0.1) is 31.7 Å². The largest absolute Gasteiger partial charge is 0.497 e. The first-order valence-corrected chi connectivity index (χ1v) is 11.0. The van der Waals surface area contributed by atoms with Crippen LogP contribution in [0.1, 0.15) is 11.4 Å². The minimum absolute atomic E-state index is 0.0700. The van der Waals surface area contributed by atoms with Crippen LogP contribution in [0.15, 0.2) is 47.3 Å². The van der Waals surface area contributed by atoms with Gasteiger partial charge in [0.2, 0.25) is 0 Å². The number of hydrogen-bond donors (Lipinski definition) is 2. The molecule has 3 aromatic rings. The highest BCUT2D eigenvalue weighted by Gasteiger charge is 2.21. The zero-order valence-electron chi connectivity index (χ0n) is 19.0. The maximum absolute atomic E-state index is 12.6. The molecule has 1 aliphatic heterocycles. The van der Waals surface area contributed by atoms with E-state index in [0.717, 1.165) is 30.2 Å². The summed E-state index contributed by atoms with van der Waals surface area (Å²) in [5.41, 5.74) is 1.59. The van der Waals surface area contributed by atoms with E-state index in [9.17, 15) is 9.59 Å². The molecule has 0 bridgehead atoms. The Kier molecular flexibility index (Phi) is 7.09. The molecule has 2 amide bonds. The summed E-state index contributed by atoms with van der Waals surface area (Å²) in [4.78, 5) is 36.3. The highest BCUT2D eigenvalue weighted by atomic mass is 16.5. The number of piperazine rings is 1. The molecule has 0 spiro atoms. The van der Waals surface area contributed by atoms with Crippen molar-refractivity contribution in [2.24, 2.45) is 0 Å². The molecule has 0 aliphatic carbocycles. The van der Waals surface area contributed by atoms with Crippen LogP contribution in [0.3, 0.4) is 0 Å². The lowest BCUT2D eigenvalue weighted by atomic mass is 10.1. The fourth-order valence-corrected chi connectivity index (χ4v) is 4.00. The number of nitrogens with one attached hydrogen (secondary N) is 2. The van der Waals surface area contributed by atoms with Crippen molar-refractivity contribution in [2.45, 2.75) is 13.0 Å². The van der Waals surface area contributed by atoms with Crippen LogP contribution in [0.2, 0.25) is 0 Å². The third kappa shape index (κ3) is 5.43. The van der Waals surface area contributed by atoms with Gasteiger partial charge in [0.15, 0.2) is 0 Å². The molecular weight excluding hydrogens is 422 g/mol. The SMILES string of the molecule is COc1ccc(CCNC(=O)N2CCN(Cc3nc4ccccc4c(=O)[nH]3)CC2)c(OC)c1. The summed E-state index contributed by atoms with van der Waals surface area (Å²) in [6, 6.07) is 12.9. The van der Waals surface area contributed by atoms with Crippen LogP contribution in [-0.4, -0.2) is 72.7 Å². The number of H-pyrrole nitrogens is 1. The molecule has 2 N–H and O–H groups in total. The molecule has 0 atom stereocenters. The highest BCUT2D eigenvalue weighted by molar-refractivity contribution is 5.77. The van der Waals surface area contributed by atoms with E-state index in [-0.39, 0.29) is 11.6 Å². The molecule has 4 rings (SSSR count). The van der Waals surface area contributed by atoms with Gasteiger partial charge in [0.1, 0.15) is 17.3 Å². The molecule has 9 heteroatoms. The van der Waals surface area contributed by atoms with E-state index in [1.165, 1.54) is 0 Å². The van der Waals surface area contributed by atoms with Gasteiger partial charge in [-0.25, -0.2) is 9.78 Å². The molecule has 2 heterocycles. The lowest BCUT2D eigenvalue weighted by molar-refractivity contribution is 0.133. The van der Waals surface area contributed by atoms with Gasteiger partial charge in [-0.1, -0.05) is 18.2 Å². The Morgan fingerprint density at radius 1 is 1.09 bits per heavy atom. The van der Waals surface area contributed by atoms with E-state index in [2.05, 4.69) is 20.2 Å². The monoisotopic (exact) mass is 451 g/mol. The lowest BCUT2D eigenvalue weighted by Gasteiger charge is -2.34. The number of methoxy groups -OCH3 is 2. The van der Waals surface area contributed by atoms with Crippen molar-refractivity contribution in [3.05, 3.63) is 64.2 Å². The fraction of sp³-hybridized carbons (Fsp3) is 0.375. The van der Waals surface area contributed by atoms with E-state index in [0.29, 0.717) is 49.3 Å². The minimum atomic E-state index is -0.123. The first-order valence-electron chi connectivity index (χ1n) is 11.0. The molecule has 9 nitrogen and oxygen atoms in total. The minimum Gasteiger partial charge on any atom is -0.497 e. The Bertz CT molecular complexity index is 1170. The maximum Gasteiger partial charge on any atom is 0.317 e. The van der Waals surface area contributed by atoms with E-state index in [1.54, 1.807) is 20.3 Å². The molecule has 174 valence electrons. The van der Waals surface area contributed by atoms with Crippen molar-refractivity contribution in [1.82, 2.24) is 25.1 Å². The fourth-order valence-electron chi connectivity index (χ4n) is 4.00. The van der Waals surface area contributed by atoms with Gasteiger partial charge in [0, 0.05) is 38.8 Å².